The van der Waals surface area contributed by atoms with Gasteiger partial charge in [0, 0.05) is 4.88 Å². The van der Waals surface area contributed by atoms with Gasteiger partial charge in [-0.15, -0.1) is 11.3 Å². The first-order valence-electron chi connectivity index (χ1n) is 5.59. The number of aliphatic hydroxyl groups excluding tert-OH is 1. The van der Waals surface area contributed by atoms with Gasteiger partial charge in [-0.2, -0.15) is 0 Å². The Bertz CT molecular complexity index is 422. The zero-order valence-corrected chi connectivity index (χ0v) is 11.1. The van der Waals surface area contributed by atoms with E-state index in [0.717, 1.165) is 10.4 Å². The highest BCUT2D eigenvalue weighted by Crippen LogP contribution is 2.31. The topological polar surface area (TPSA) is 49.8 Å². The molecule has 2 heterocycles. The largest absolute Gasteiger partial charge is 0.444 e. The van der Waals surface area contributed by atoms with E-state index >= 15 is 0 Å². The lowest BCUT2D eigenvalue weighted by molar-refractivity contribution is 0.00893. The van der Waals surface area contributed by atoms with Crippen molar-refractivity contribution in [2.24, 2.45) is 0 Å². The van der Waals surface area contributed by atoms with Gasteiger partial charge in [0.2, 0.25) is 0 Å². The summed E-state index contributed by atoms with van der Waals surface area (Å²) in [6.07, 6.45) is -0.959. The Hall–Kier alpha value is -1.07. The van der Waals surface area contributed by atoms with Gasteiger partial charge in [0.15, 0.2) is 0 Å². The van der Waals surface area contributed by atoms with Crippen LogP contribution in [-0.4, -0.2) is 28.2 Å². The van der Waals surface area contributed by atoms with Gasteiger partial charge < -0.3 is 14.7 Å². The van der Waals surface area contributed by atoms with Gasteiger partial charge in [-0.3, -0.25) is 0 Å². The van der Waals surface area contributed by atoms with Crippen molar-refractivity contribution in [3.63, 3.8) is 0 Å². The fraction of sp³-hybridized carbons (Fsp3) is 0.583. The number of thiophene rings is 1. The summed E-state index contributed by atoms with van der Waals surface area (Å²) in [7, 11) is 0. The molecule has 1 aromatic rings. The van der Waals surface area contributed by atoms with Gasteiger partial charge in [-0.25, -0.2) is 4.79 Å². The van der Waals surface area contributed by atoms with Gasteiger partial charge in [-0.1, -0.05) is 0 Å². The molecule has 0 radical (unpaired) electrons. The van der Waals surface area contributed by atoms with Crippen LogP contribution >= 0.6 is 11.3 Å². The Morgan fingerprint density at radius 1 is 1.59 bits per heavy atom. The highest BCUT2D eigenvalue weighted by atomic mass is 32.1. The van der Waals surface area contributed by atoms with Crippen molar-refractivity contribution >= 4 is 17.4 Å². The third-order valence-electron chi connectivity index (χ3n) is 2.49. The van der Waals surface area contributed by atoms with E-state index in [4.69, 9.17) is 4.74 Å². The smallest absolute Gasteiger partial charge is 0.410 e. The summed E-state index contributed by atoms with van der Waals surface area (Å²) >= 11 is 1.53. The number of rotatable bonds is 0. The van der Waals surface area contributed by atoms with E-state index in [1.165, 1.54) is 11.3 Å². The molecule has 0 aromatic carbocycles. The van der Waals surface area contributed by atoms with E-state index in [-0.39, 0.29) is 6.09 Å². The summed E-state index contributed by atoms with van der Waals surface area (Å²) in [5, 5.41) is 11.9. The monoisotopic (exact) mass is 255 g/mol. The second-order valence-corrected chi connectivity index (χ2v) is 6.13. The normalized spacial score (nSPS) is 20.0. The summed E-state index contributed by atoms with van der Waals surface area (Å²) in [4.78, 5) is 14.4. The predicted octanol–water partition coefficient (Wildman–Crippen LogP) is 2.53. The molecule has 1 atom stereocenters. The molecule has 1 aliphatic rings. The first-order valence-corrected chi connectivity index (χ1v) is 6.47. The van der Waals surface area contributed by atoms with Crippen LogP contribution < -0.4 is 0 Å². The summed E-state index contributed by atoms with van der Waals surface area (Å²) in [6.45, 7) is 6.33. The maximum atomic E-state index is 11.9. The van der Waals surface area contributed by atoms with E-state index in [9.17, 15) is 9.90 Å². The third kappa shape index (κ3) is 2.79. The van der Waals surface area contributed by atoms with Crippen molar-refractivity contribution in [2.45, 2.75) is 39.0 Å². The summed E-state index contributed by atoms with van der Waals surface area (Å²) in [6, 6.07) is 1.94. The second-order valence-electron chi connectivity index (χ2n) is 5.19. The molecule has 0 saturated carbocycles. The molecule has 4 nitrogen and oxygen atoms in total. The zero-order chi connectivity index (χ0) is 12.6. The fourth-order valence-corrected chi connectivity index (χ4v) is 2.69. The predicted molar refractivity (Wildman–Crippen MR) is 65.9 cm³/mol. The lowest BCUT2D eigenvalue weighted by atomic mass is 10.1. The van der Waals surface area contributed by atoms with Gasteiger partial charge in [0.1, 0.15) is 11.7 Å². The Kier molecular flexibility index (Phi) is 3.14. The van der Waals surface area contributed by atoms with Crippen molar-refractivity contribution < 1.29 is 14.6 Å². The summed E-state index contributed by atoms with van der Waals surface area (Å²) < 4.78 is 5.30. The van der Waals surface area contributed by atoms with Crippen LogP contribution in [0.4, 0.5) is 4.79 Å². The molecule has 1 aliphatic heterocycles. The minimum absolute atomic E-state index is 0.308. The third-order valence-corrected chi connectivity index (χ3v) is 3.55. The Balaban J connectivity index is 2.09. The molecule has 94 valence electrons. The molecule has 5 heteroatoms. The minimum Gasteiger partial charge on any atom is -0.444 e. The average molecular weight is 255 g/mol. The van der Waals surface area contributed by atoms with Crippen molar-refractivity contribution in [3.05, 3.63) is 21.9 Å². The summed E-state index contributed by atoms with van der Waals surface area (Å²) in [5.74, 6) is 0. The zero-order valence-electron chi connectivity index (χ0n) is 10.3. The second kappa shape index (κ2) is 4.31. The minimum atomic E-state index is -0.591. The molecule has 1 amide bonds. The number of hydrogen-bond donors (Lipinski definition) is 1. The first-order chi connectivity index (χ1) is 7.87. The van der Waals surface area contributed by atoms with Crippen LogP contribution in [0.25, 0.3) is 0 Å². The maximum absolute atomic E-state index is 11.9. The van der Waals surface area contributed by atoms with E-state index < -0.39 is 11.7 Å². The van der Waals surface area contributed by atoms with Crippen LogP contribution in [-0.2, 0) is 11.3 Å². The van der Waals surface area contributed by atoms with Gasteiger partial charge >= 0.3 is 6.09 Å². The first kappa shape index (κ1) is 12.4. The van der Waals surface area contributed by atoms with Crippen molar-refractivity contribution in [1.29, 1.82) is 0 Å². The number of β-amino-alcohol motifs (C(OH)–C–C–N with tert-alkyl or cyclic N) is 1. The average Bonchev–Trinajstić information content (AvgIpc) is 2.63. The number of nitrogens with zero attached hydrogens (tertiary/aromatic N) is 1. The number of aliphatic hydroxyl groups is 1. The van der Waals surface area contributed by atoms with E-state index in [0.29, 0.717) is 13.1 Å². The number of carbonyl (C=O) groups excluding carboxylic acids is 1. The van der Waals surface area contributed by atoms with Crippen LogP contribution in [0.3, 0.4) is 0 Å². The standard InChI is InChI=1S/C12H17NO3S/c1-12(2,3)16-11(15)13-6-8-4-5-17-10(8)9(14)7-13/h4-5,9,14H,6-7H2,1-3H3. The molecule has 0 saturated heterocycles. The van der Waals surface area contributed by atoms with Gasteiger partial charge in [-0.05, 0) is 37.8 Å². The maximum Gasteiger partial charge on any atom is 0.410 e. The molecule has 17 heavy (non-hydrogen) atoms. The molecular weight excluding hydrogens is 238 g/mol. The molecule has 0 spiro atoms. The number of ether oxygens (including phenoxy) is 1. The molecule has 2 rings (SSSR count). The Morgan fingerprint density at radius 2 is 2.29 bits per heavy atom. The van der Waals surface area contributed by atoms with E-state index in [2.05, 4.69) is 0 Å². The Morgan fingerprint density at radius 3 is 2.94 bits per heavy atom. The number of fused-ring (bicyclic) bond motifs is 1. The van der Waals surface area contributed by atoms with Crippen molar-refractivity contribution in [2.75, 3.05) is 6.54 Å². The number of amides is 1. The molecule has 1 unspecified atom stereocenters. The lowest BCUT2D eigenvalue weighted by Gasteiger charge is -2.32. The summed E-state index contributed by atoms with van der Waals surface area (Å²) in [5.41, 5.74) is 0.511. The highest BCUT2D eigenvalue weighted by molar-refractivity contribution is 7.10. The molecule has 0 bridgehead atoms. The molecule has 1 aromatic heterocycles. The molecule has 1 N–H and O–H groups in total. The van der Waals surface area contributed by atoms with Crippen LogP contribution in [0.2, 0.25) is 0 Å². The number of carbonyl (C=O) groups is 1. The molecular formula is C12H17NO3S. The van der Waals surface area contributed by atoms with E-state index in [1.807, 2.05) is 32.2 Å². The van der Waals surface area contributed by atoms with Crippen molar-refractivity contribution in [3.8, 4) is 0 Å². The van der Waals surface area contributed by atoms with Crippen LogP contribution in [0.5, 0.6) is 0 Å². The molecule has 0 aliphatic carbocycles. The van der Waals surface area contributed by atoms with Gasteiger partial charge in [0.05, 0.1) is 13.1 Å². The quantitative estimate of drug-likeness (QED) is 0.775. The highest BCUT2D eigenvalue weighted by Gasteiger charge is 2.30. The lowest BCUT2D eigenvalue weighted by Crippen LogP contribution is -2.41. The number of hydrogen-bond acceptors (Lipinski definition) is 4. The SMILES string of the molecule is CC(C)(C)OC(=O)N1Cc2ccsc2C(O)C1. The van der Waals surface area contributed by atoms with E-state index in [1.54, 1.807) is 4.90 Å². The van der Waals surface area contributed by atoms with Crippen LogP contribution in [0.15, 0.2) is 11.4 Å². The molecule has 0 fully saturated rings. The fourth-order valence-electron chi connectivity index (χ4n) is 1.80. The van der Waals surface area contributed by atoms with Crippen molar-refractivity contribution in [1.82, 2.24) is 4.90 Å². The van der Waals surface area contributed by atoms with Crippen LogP contribution in [0, 0.1) is 0 Å². The Labute approximate surface area is 105 Å². The van der Waals surface area contributed by atoms with Crippen LogP contribution in [0.1, 0.15) is 37.3 Å². The van der Waals surface area contributed by atoms with Gasteiger partial charge in [0.25, 0.3) is 0 Å².